The Hall–Kier alpha value is -0.690. The van der Waals surface area contributed by atoms with Crippen molar-refractivity contribution in [1.29, 1.82) is 0 Å². The molecule has 116 valence electrons. The predicted molar refractivity (Wildman–Crippen MR) is 84.7 cm³/mol. The predicted octanol–water partition coefficient (Wildman–Crippen LogP) is 2.21. The van der Waals surface area contributed by atoms with E-state index in [0.717, 1.165) is 36.9 Å². The average Bonchev–Trinajstić information content (AvgIpc) is 2.87. The van der Waals surface area contributed by atoms with Crippen LogP contribution in [0.3, 0.4) is 0 Å². The Morgan fingerprint density at radius 2 is 1.90 bits per heavy atom. The molecule has 1 rings (SSSR count). The minimum absolute atomic E-state index is 0.404. The normalized spacial score (nSPS) is 11.3. The molecule has 0 fully saturated rings. The second kappa shape index (κ2) is 9.28. The van der Waals surface area contributed by atoms with Gasteiger partial charge >= 0.3 is 0 Å². The number of rotatable bonds is 10. The molecule has 1 aromatic rings. The standard InChI is InChI=1S/C14H27N3O2S/c1-11(2)13-12(10-15)20-14(16-13)17(7-9-19-4)6-5-8-18-3/h11H,5-10,15H2,1-4H3. The van der Waals surface area contributed by atoms with E-state index in [1.165, 1.54) is 4.88 Å². The van der Waals surface area contributed by atoms with Crippen LogP contribution in [0.1, 0.15) is 36.8 Å². The molecule has 0 saturated heterocycles. The number of hydrogen-bond donors (Lipinski definition) is 1. The van der Waals surface area contributed by atoms with Crippen LogP contribution in [-0.4, -0.2) is 45.5 Å². The van der Waals surface area contributed by atoms with Crippen molar-refractivity contribution in [1.82, 2.24) is 4.98 Å². The summed E-state index contributed by atoms with van der Waals surface area (Å²) in [6.07, 6.45) is 0.981. The zero-order valence-electron chi connectivity index (χ0n) is 13.0. The molecule has 0 aliphatic carbocycles. The lowest BCUT2D eigenvalue weighted by atomic mass is 10.1. The van der Waals surface area contributed by atoms with Gasteiger partial charge in [-0.3, -0.25) is 0 Å². The van der Waals surface area contributed by atoms with Crippen molar-refractivity contribution >= 4 is 16.5 Å². The third kappa shape index (κ3) is 5.01. The smallest absolute Gasteiger partial charge is 0.185 e. The minimum Gasteiger partial charge on any atom is -0.385 e. The number of ether oxygens (including phenoxy) is 2. The third-order valence-corrected chi connectivity index (χ3v) is 4.22. The first kappa shape index (κ1) is 17.4. The zero-order chi connectivity index (χ0) is 15.0. The highest BCUT2D eigenvalue weighted by Gasteiger charge is 2.17. The molecule has 0 aliphatic heterocycles. The summed E-state index contributed by atoms with van der Waals surface area (Å²) < 4.78 is 10.3. The van der Waals surface area contributed by atoms with Gasteiger partial charge in [-0.25, -0.2) is 4.98 Å². The van der Waals surface area contributed by atoms with Crippen molar-refractivity contribution in [2.24, 2.45) is 5.73 Å². The molecule has 0 unspecified atom stereocenters. The maximum absolute atomic E-state index is 5.83. The van der Waals surface area contributed by atoms with Crippen molar-refractivity contribution in [3.05, 3.63) is 10.6 Å². The molecule has 2 N–H and O–H groups in total. The Balaban J connectivity index is 2.82. The minimum atomic E-state index is 0.404. The Labute approximate surface area is 126 Å². The van der Waals surface area contributed by atoms with Gasteiger partial charge in [-0.05, 0) is 12.3 Å². The molecule has 1 aromatic heterocycles. The first-order valence-electron chi connectivity index (χ1n) is 7.06. The first-order chi connectivity index (χ1) is 9.63. The number of aromatic nitrogens is 1. The molecule has 0 amide bonds. The van der Waals surface area contributed by atoms with Gasteiger partial charge in [0, 0.05) is 45.3 Å². The Kier molecular flexibility index (Phi) is 8.06. The van der Waals surface area contributed by atoms with Crippen LogP contribution in [0.5, 0.6) is 0 Å². The van der Waals surface area contributed by atoms with Crippen molar-refractivity contribution < 1.29 is 9.47 Å². The van der Waals surface area contributed by atoms with Crippen LogP contribution >= 0.6 is 11.3 Å². The van der Waals surface area contributed by atoms with E-state index in [1.807, 2.05) is 0 Å². The van der Waals surface area contributed by atoms with E-state index in [0.29, 0.717) is 19.1 Å². The lowest BCUT2D eigenvalue weighted by molar-refractivity contribution is 0.191. The summed E-state index contributed by atoms with van der Waals surface area (Å²) in [5.74, 6) is 0.404. The van der Waals surface area contributed by atoms with Gasteiger partial charge in [-0.15, -0.1) is 11.3 Å². The molecular formula is C14H27N3O2S. The Morgan fingerprint density at radius 3 is 2.40 bits per heavy atom. The van der Waals surface area contributed by atoms with Gasteiger partial charge in [0.05, 0.1) is 12.3 Å². The van der Waals surface area contributed by atoms with Crippen molar-refractivity contribution in [2.45, 2.75) is 32.7 Å². The molecule has 6 heteroatoms. The van der Waals surface area contributed by atoms with E-state index < -0.39 is 0 Å². The first-order valence-corrected chi connectivity index (χ1v) is 7.88. The van der Waals surface area contributed by atoms with Crippen LogP contribution in [-0.2, 0) is 16.0 Å². The molecule has 0 spiro atoms. The van der Waals surface area contributed by atoms with Crippen LogP contribution in [0, 0.1) is 0 Å². The third-order valence-electron chi connectivity index (χ3n) is 3.06. The summed E-state index contributed by atoms with van der Waals surface area (Å²) in [6.45, 7) is 8.09. The monoisotopic (exact) mass is 301 g/mol. The van der Waals surface area contributed by atoms with Gasteiger partial charge in [0.2, 0.25) is 0 Å². The molecule has 0 aliphatic rings. The second-order valence-corrected chi connectivity index (χ2v) is 6.05. The average molecular weight is 301 g/mol. The van der Waals surface area contributed by atoms with E-state index in [-0.39, 0.29) is 0 Å². The van der Waals surface area contributed by atoms with E-state index in [2.05, 4.69) is 18.7 Å². The highest BCUT2D eigenvalue weighted by atomic mass is 32.1. The lowest BCUT2D eigenvalue weighted by Crippen LogP contribution is -2.29. The Bertz CT molecular complexity index is 382. The van der Waals surface area contributed by atoms with E-state index >= 15 is 0 Å². The van der Waals surface area contributed by atoms with Crippen LogP contribution in [0.25, 0.3) is 0 Å². The molecule has 0 radical (unpaired) electrons. The summed E-state index contributed by atoms with van der Waals surface area (Å²) in [5, 5.41) is 1.04. The molecule has 5 nitrogen and oxygen atoms in total. The molecule has 0 atom stereocenters. The van der Waals surface area contributed by atoms with Gasteiger partial charge in [0.15, 0.2) is 5.13 Å². The fourth-order valence-electron chi connectivity index (χ4n) is 1.99. The van der Waals surface area contributed by atoms with Gasteiger partial charge in [0.1, 0.15) is 0 Å². The van der Waals surface area contributed by atoms with Gasteiger partial charge in [-0.2, -0.15) is 0 Å². The molecule has 0 aromatic carbocycles. The summed E-state index contributed by atoms with van der Waals surface area (Å²) in [6, 6.07) is 0. The molecule has 1 heterocycles. The molecular weight excluding hydrogens is 274 g/mol. The fraction of sp³-hybridized carbons (Fsp3) is 0.786. The SMILES string of the molecule is COCCCN(CCOC)c1nc(C(C)C)c(CN)s1. The van der Waals surface area contributed by atoms with Gasteiger partial charge in [-0.1, -0.05) is 13.8 Å². The molecule has 0 bridgehead atoms. The van der Waals surface area contributed by atoms with E-state index in [9.17, 15) is 0 Å². The van der Waals surface area contributed by atoms with Crippen molar-refractivity contribution in [3.63, 3.8) is 0 Å². The summed E-state index contributed by atoms with van der Waals surface area (Å²) >= 11 is 1.70. The van der Waals surface area contributed by atoms with Crippen molar-refractivity contribution in [3.8, 4) is 0 Å². The van der Waals surface area contributed by atoms with Gasteiger partial charge < -0.3 is 20.1 Å². The summed E-state index contributed by atoms with van der Waals surface area (Å²) in [5.41, 5.74) is 6.96. The lowest BCUT2D eigenvalue weighted by Gasteiger charge is -2.21. The number of methoxy groups -OCH3 is 2. The Morgan fingerprint density at radius 1 is 1.20 bits per heavy atom. The maximum Gasteiger partial charge on any atom is 0.185 e. The van der Waals surface area contributed by atoms with Crippen LogP contribution in [0.4, 0.5) is 5.13 Å². The molecule has 0 saturated carbocycles. The van der Waals surface area contributed by atoms with Crippen molar-refractivity contribution in [2.75, 3.05) is 45.4 Å². The maximum atomic E-state index is 5.83. The fourth-order valence-corrected chi connectivity index (χ4v) is 3.13. The quantitative estimate of drug-likeness (QED) is 0.671. The summed E-state index contributed by atoms with van der Waals surface area (Å²) in [4.78, 5) is 8.23. The van der Waals surface area contributed by atoms with Crippen LogP contribution < -0.4 is 10.6 Å². The number of anilines is 1. The number of nitrogens with two attached hydrogens (primary N) is 1. The van der Waals surface area contributed by atoms with E-state index in [4.69, 9.17) is 20.2 Å². The number of hydrogen-bond acceptors (Lipinski definition) is 6. The van der Waals surface area contributed by atoms with Gasteiger partial charge in [0.25, 0.3) is 0 Å². The van der Waals surface area contributed by atoms with Crippen LogP contribution in [0.15, 0.2) is 0 Å². The van der Waals surface area contributed by atoms with Crippen LogP contribution in [0.2, 0.25) is 0 Å². The van der Waals surface area contributed by atoms with E-state index in [1.54, 1.807) is 25.6 Å². The number of thiazole rings is 1. The highest BCUT2D eigenvalue weighted by molar-refractivity contribution is 7.15. The molecule has 20 heavy (non-hydrogen) atoms. The zero-order valence-corrected chi connectivity index (χ0v) is 13.8. The topological polar surface area (TPSA) is 60.6 Å². The summed E-state index contributed by atoms with van der Waals surface area (Å²) in [7, 11) is 3.45. The highest BCUT2D eigenvalue weighted by Crippen LogP contribution is 2.30. The number of nitrogens with zero attached hydrogens (tertiary/aromatic N) is 2. The largest absolute Gasteiger partial charge is 0.385 e. The second-order valence-electron chi connectivity index (χ2n) is 4.99.